The average molecular weight is 523 g/mol. The summed E-state index contributed by atoms with van der Waals surface area (Å²) in [6, 6.07) is 16.3. The molecule has 2 amide bonds. The molecule has 0 fully saturated rings. The lowest BCUT2D eigenvalue weighted by atomic mass is 9.98. The summed E-state index contributed by atoms with van der Waals surface area (Å²) in [5, 5.41) is 2.24. The molecule has 0 atom stereocenters. The van der Waals surface area contributed by atoms with Gasteiger partial charge < -0.3 is 4.57 Å². The van der Waals surface area contributed by atoms with E-state index in [0.29, 0.717) is 10.8 Å². The summed E-state index contributed by atoms with van der Waals surface area (Å²) in [5.41, 5.74) is -2.30. The summed E-state index contributed by atoms with van der Waals surface area (Å²) in [4.78, 5) is 24.2. The number of halogens is 4. The molecule has 1 heterocycles. The van der Waals surface area contributed by atoms with E-state index < -0.39 is 23.5 Å². The minimum absolute atomic E-state index is 0.0424. The number of fused-ring (bicyclic) bond motifs is 2. The molecule has 0 aliphatic rings. The van der Waals surface area contributed by atoms with Crippen molar-refractivity contribution in [2.45, 2.75) is 12.4 Å². The number of rotatable bonds is 5. The monoisotopic (exact) mass is 522 g/mol. The van der Waals surface area contributed by atoms with Crippen LogP contribution in [0.4, 0.5) is 13.2 Å². The Kier molecular flexibility index (Phi) is 6.02. The van der Waals surface area contributed by atoms with Crippen molar-refractivity contribution in [2.75, 3.05) is 0 Å². The van der Waals surface area contributed by atoms with Crippen LogP contribution in [0.5, 0.6) is 0 Å². The topological polar surface area (TPSA) is 51.5 Å². The van der Waals surface area contributed by atoms with Gasteiger partial charge in [0, 0.05) is 21.4 Å². The molecule has 0 saturated carbocycles. The van der Waals surface area contributed by atoms with Gasteiger partial charge in [-0.25, -0.2) is 0 Å². The maximum absolute atomic E-state index is 12.9. The second kappa shape index (κ2) is 8.61. The standard InChI is InChI=1S/C22H14BrF3N2O3S/c1-13-9-10-19(27-11-17(23)14-5-2-3-8-18(14)27)15-6-4-7-16(20(13)15)21(30)28(12-29)31-32-22(24,25)26/h2-12H,1H3. The summed E-state index contributed by atoms with van der Waals surface area (Å²) >= 11 is 2.63. The number of para-hydroxylation sites is 1. The number of benzene rings is 3. The van der Waals surface area contributed by atoms with Gasteiger partial charge in [0.1, 0.15) is 12.0 Å². The molecule has 0 unspecified atom stereocenters. The van der Waals surface area contributed by atoms with Gasteiger partial charge in [-0.3, -0.25) is 9.59 Å². The number of alkyl halides is 3. The highest BCUT2D eigenvalue weighted by molar-refractivity contribution is 9.10. The van der Waals surface area contributed by atoms with Crippen molar-refractivity contribution in [2.24, 2.45) is 0 Å². The highest BCUT2D eigenvalue weighted by Crippen LogP contribution is 2.35. The van der Waals surface area contributed by atoms with Gasteiger partial charge in [-0.05, 0) is 52.0 Å². The van der Waals surface area contributed by atoms with E-state index >= 15 is 0 Å². The van der Waals surface area contributed by atoms with Crippen LogP contribution in [0.25, 0.3) is 27.4 Å². The molecule has 4 aromatic rings. The second-order valence-corrected chi connectivity index (χ2v) is 8.47. The Morgan fingerprint density at radius 3 is 2.53 bits per heavy atom. The summed E-state index contributed by atoms with van der Waals surface area (Å²) in [6.45, 7) is 1.78. The third kappa shape index (κ3) is 4.13. The molecule has 0 aliphatic heterocycles. The van der Waals surface area contributed by atoms with Gasteiger partial charge in [0.2, 0.25) is 6.41 Å². The zero-order valence-electron chi connectivity index (χ0n) is 16.4. The fourth-order valence-corrected chi connectivity index (χ4v) is 4.40. The minimum atomic E-state index is -4.77. The van der Waals surface area contributed by atoms with Crippen molar-refractivity contribution in [1.82, 2.24) is 9.63 Å². The maximum atomic E-state index is 12.9. The van der Waals surface area contributed by atoms with E-state index in [-0.39, 0.29) is 17.0 Å². The summed E-state index contributed by atoms with van der Waals surface area (Å²) in [5.74, 6) is -0.999. The molecule has 0 spiro atoms. The first-order valence-corrected chi connectivity index (χ1v) is 10.7. The van der Waals surface area contributed by atoms with Gasteiger partial charge in [0.05, 0.1) is 16.8 Å². The highest BCUT2D eigenvalue weighted by atomic mass is 79.9. The summed E-state index contributed by atoms with van der Waals surface area (Å²) in [7, 11) is 0. The van der Waals surface area contributed by atoms with E-state index in [9.17, 15) is 22.8 Å². The van der Waals surface area contributed by atoms with Gasteiger partial charge in [-0.2, -0.15) is 17.5 Å². The van der Waals surface area contributed by atoms with Crippen LogP contribution < -0.4 is 0 Å². The Bertz CT molecular complexity index is 1350. The molecule has 5 nitrogen and oxygen atoms in total. The molecule has 4 rings (SSSR count). The van der Waals surface area contributed by atoms with E-state index in [1.807, 2.05) is 53.2 Å². The summed E-state index contributed by atoms with van der Waals surface area (Å²) in [6.07, 6.45) is 1.82. The van der Waals surface area contributed by atoms with E-state index in [0.717, 1.165) is 26.6 Å². The summed E-state index contributed by atoms with van der Waals surface area (Å²) < 4.78 is 44.6. The van der Waals surface area contributed by atoms with Crippen molar-refractivity contribution in [3.05, 3.63) is 76.4 Å². The van der Waals surface area contributed by atoms with Crippen LogP contribution in [-0.4, -0.2) is 27.5 Å². The molecule has 0 radical (unpaired) electrons. The molecule has 10 heteroatoms. The van der Waals surface area contributed by atoms with Crippen molar-refractivity contribution >= 4 is 62.0 Å². The number of hydrogen-bond donors (Lipinski definition) is 0. The predicted octanol–water partition coefficient (Wildman–Crippen LogP) is 6.55. The Balaban J connectivity index is 1.87. The van der Waals surface area contributed by atoms with Crippen LogP contribution in [0.3, 0.4) is 0 Å². The molecular formula is C22H14BrF3N2O3S. The van der Waals surface area contributed by atoms with Crippen LogP contribution in [-0.2, 0) is 9.08 Å². The van der Waals surface area contributed by atoms with Crippen molar-refractivity contribution in [3.8, 4) is 5.69 Å². The number of hydroxylamine groups is 2. The molecule has 3 aromatic carbocycles. The zero-order chi connectivity index (χ0) is 23.0. The number of nitrogens with zero attached hydrogens (tertiary/aromatic N) is 2. The number of amides is 2. The predicted molar refractivity (Wildman–Crippen MR) is 120 cm³/mol. The van der Waals surface area contributed by atoms with Gasteiger partial charge in [0.15, 0.2) is 0 Å². The first-order chi connectivity index (χ1) is 15.2. The Morgan fingerprint density at radius 2 is 1.81 bits per heavy atom. The Labute approximate surface area is 193 Å². The average Bonchev–Trinajstić information content (AvgIpc) is 3.10. The normalized spacial score (nSPS) is 11.8. The van der Waals surface area contributed by atoms with Crippen molar-refractivity contribution in [1.29, 1.82) is 0 Å². The van der Waals surface area contributed by atoms with E-state index in [2.05, 4.69) is 20.2 Å². The first kappa shape index (κ1) is 22.4. The number of carbonyl (C=O) groups excluding carboxylic acids is 2. The smallest absolute Gasteiger partial charge is 0.315 e. The third-order valence-corrected chi connectivity index (χ3v) is 5.94. The molecular weight excluding hydrogens is 509 g/mol. The molecule has 0 saturated heterocycles. The van der Waals surface area contributed by atoms with Crippen molar-refractivity contribution < 1.29 is 27.0 Å². The molecule has 0 N–H and O–H groups in total. The first-order valence-electron chi connectivity index (χ1n) is 9.21. The van der Waals surface area contributed by atoms with Crippen LogP contribution in [0.15, 0.2) is 65.3 Å². The molecule has 0 bridgehead atoms. The highest BCUT2D eigenvalue weighted by Gasteiger charge is 2.33. The number of imide groups is 1. The van der Waals surface area contributed by atoms with Gasteiger partial charge in [-0.15, -0.1) is 5.06 Å². The van der Waals surface area contributed by atoms with Gasteiger partial charge >= 0.3 is 5.51 Å². The lowest BCUT2D eigenvalue weighted by Gasteiger charge is -2.18. The van der Waals surface area contributed by atoms with E-state index in [4.69, 9.17) is 0 Å². The molecule has 0 aliphatic carbocycles. The zero-order valence-corrected chi connectivity index (χ0v) is 18.8. The van der Waals surface area contributed by atoms with Gasteiger partial charge in [-0.1, -0.05) is 36.4 Å². The van der Waals surface area contributed by atoms with E-state index in [1.165, 1.54) is 6.07 Å². The van der Waals surface area contributed by atoms with Crippen molar-refractivity contribution in [3.63, 3.8) is 0 Å². The van der Waals surface area contributed by atoms with Crippen LogP contribution in [0.2, 0.25) is 0 Å². The minimum Gasteiger partial charge on any atom is -0.315 e. The lowest BCUT2D eigenvalue weighted by molar-refractivity contribution is -0.133. The fourth-order valence-electron chi connectivity index (χ4n) is 3.59. The maximum Gasteiger partial charge on any atom is 0.470 e. The number of carbonyl (C=O) groups is 2. The van der Waals surface area contributed by atoms with Gasteiger partial charge in [0.25, 0.3) is 5.91 Å². The molecule has 32 heavy (non-hydrogen) atoms. The quantitative estimate of drug-likeness (QED) is 0.169. The SMILES string of the molecule is Cc1ccc(-n2cc(Br)c3ccccc32)c2cccc(C(=O)N(C=O)OSC(F)(F)F)c12. The van der Waals surface area contributed by atoms with Crippen LogP contribution >= 0.6 is 28.0 Å². The third-order valence-electron chi connectivity index (χ3n) is 4.89. The fraction of sp³-hybridized carbons (Fsp3) is 0.0909. The van der Waals surface area contributed by atoms with Crippen LogP contribution in [0, 0.1) is 6.92 Å². The van der Waals surface area contributed by atoms with E-state index in [1.54, 1.807) is 13.0 Å². The second-order valence-electron chi connectivity index (χ2n) is 6.83. The number of hydrogen-bond acceptors (Lipinski definition) is 4. The largest absolute Gasteiger partial charge is 0.470 e. The van der Waals surface area contributed by atoms with Crippen LogP contribution in [0.1, 0.15) is 15.9 Å². The molecule has 1 aromatic heterocycles. The Hall–Kier alpha value is -2.82. The number of aryl methyl sites for hydroxylation is 1. The Morgan fingerprint density at radius 1 is 1.09 bits per heavy atom. The lowest BCUT2D eigenvalue weighted by Crippen LogP contribution is -2.29. The molecule has 164 valence electrons. The number of aromatic nitrogens is 1.